The standard InChI is InChI=1S/C12H15FN2O4/c1-14(6-3-7-19-2)12(16)9-4-5-10(13)11(8-9)15(17)18/h4-5,8H,3,6-7H2,1-2H3. The number of benzene rings is 1. The number of ether oxygens (including phenoxy) is 1. The van der Waals surface area contributed by atoms with Crippen molar-refractivity contribution < 1.29 is 18.8 Å². The van der Waals surface area contributed by atoms with Crippen molar-refractivity contribution in [2.24, 2.45) is 0 Å². The van der Waals surface area contributed by atoms with Gasteiger partial charge >= 0.3 is 5.69 Å². The van der Waals surface area contributed by atoms with Crippen LogP contribution in [0.5, 0.6) is 0 Å². The van der Waals surface area contributed by atoms with Crippen molar-refractivity contribution in [1.29, 1.82) is 0 Å². The van der Waals surface area contributed by atoms with Crippen LogP contribution in [-0.4, -0.2) is 43.0 Å². The molecule has 0 saturated heterocycles. The van der Waals surface area contributed by atoms with Crippen LogP contribution in [0, 0.1) is 15.9 Å². The number of nitrogens with zero attached hydrogens (tertiary/aromatic N) is 2. The Morgan fingerprint density at radius 2 is 2.21 bits per heavy atom. The minimum absolute atomic E-state index is 0.0908. The Kier molecular flexibility index (Phi) is 5.37. The van der Waals surface area contributed by atoms with Crippen molar-refractivity contribution in [1.82, 2.24) is 4.90 Å². The summed E-state index contributed by atoms with van der Waals surface area (Å²) in [6.45, 7) is 0.971. The van der Waals surface area contributed by atoms with Crippen LogP contribution < -0.4 is 0 Å². The minimum Gasteiger partial charge on any atom is -0.385 e. The molecule has 0 aromatic heterocycles. The summed E-state index contributed by atoms with van der Waals surface area (Å²) in [5.41, 5.74) is -0.607. The van der Waals surface area contributed by atoms with Gasteiger partial charge < -0.3 is 9.64 Å². The summed E-state index contributed by atoms with van der Waals surface area (Å²) in [4.78, 5) is 23.1. The number of rotatable bonds is 6. The Morgan fingerprint density at radius 1 is 1.53 bits per heavy atom. The molecule has 0 atom stereocenters. The maximum atomic E-state index is 13.2. The molecule has 1 amide bonds. The lowest BCUT2D eigenvalue weighted by molar-refractivity contribution is -0.387. The van der Waals surface area contributed by atoms with E-state index in [1.165, 1.54) is 11.0 Å². The fourth-order valence-corrected chi connectivity index (χ4v) is 1.55. The molecule has 0 bridgehead atoms. The fourth-order valence-electron chi connectivity index (χ4n) is 1.55. The summed E-state index contributed by atoms with van der Waals surface area (Å²) >= 11 is 0. The van der Waals surface area contributed by atoms with Gasteiger partial charge in [-0.2, -0.15) is 4.39 Å². The normalized spacial score (nSPS) is 10.3. The van der Waals surface area contributed by atoms with Gasteiger partial charge in [-0.3, -0.25) is 14.9 Å². The van der Waals surface area contributed by atoms with Crippen molar-refractivity contribution in [3.63, 3.8) is 0 Å². The number of methoxy groups -OCH3 is 1. The van der Waals surface area contributed by atoms with Gasteiger partial charge in [-0.1, -0.05) is 0 Å². The first-order valence-electron chi connectivity index (χ1n) is 5.65. The second kappa shape index (κ2) is 6.79. The number of hydrogen-bond acceptors (Lipinski definition) is 4. The van der Waals surface area contributed by atoms with E-state index >= 15 is 0 Å². The molecule has 0 radical (unpaired) electrons. The van der Waals surface area contributed by atoms with Gasteiger partial charge in [0.1, 0.15) is 0 Å². The van der Waals surface area contributed by atoms with Crippen LogP contribution in [0.2, 0.25) is 0 Å². The van der Waals surface area contributed by atoms with Gasteiger partial charge in [-0.15, -0.1) is 0 Å². The highest BCUT2D eigenvalue weighted by molar-refractivity contribution is 5.94. The molecule has 0 N–H and O–H groups in total. The zero-order valence-electron chi connectivity index (χ0n) is 10.8. The van der Waals surface area contributed by atoms with E-state index in [0.29, 0.717) is 19.6 Å². The van der Waals surface area contributed by atoms with Gasteiger partial charge in [0, 0.05) is 38.9 Å². The molecular weight excluding hydrogens is 255 g/mol. The Bertz CT molecular complexity index is 479. The monoisotopic (exact) mass is 270 g/mol. The van der Waals surface area contributed by atoms with Crippen LogP contribution in [0.15, 0.2) is 18.2 Å². The van der Waals surface area contributed by atoms with Gasteiger partial charge in [0.25, 0.3) is 5.91 Å². The molecule has 19 heavy (non-hydrogen) atoms. The first-order chi connectivity index (χ1) is 8.97. The van der Waals surface area contributed by atoms with E-state index < -0.39 is 16.4 Å². The van der Waals surface area contributed by atoms with Crippen molar-refractivity contribution >= 4 is 11.6 Å². The van der Waals surface area contributed by atoms with Crippen LogP contribution in [0.4, 0.5) is 10.1 Å². The number of nitro groups is 1. The van der Waals surface area contributed by atoms with Crippen LogP contribution in [0.1, 0.15) is 16.8 Å². The summed E-state index contributed by atoms with van der Waals surface area (Å²) in [5.74, 6) is -1.34. The number of carbonyl (C=O) groups is 1. The van der Waals surface area contributed by atoms with E-state index in [1.807, 2.05) is 0 Å². The fraction of sp³-hybridized carbons (Fsp3) is 0.417. The number of carbonyl (C=O) groups excluding carboxylic acids is 1. The van der Waals surface area contributed by atoms with Crippen LogP contribution in [-0.2, 0) is 4.74 Å². The molecule has 0 spiro atoms. The molecule has 0 aliphatic rings. The lowest BCUT2D eigenvalue weighted by Gasteiger charge is -2.16. The van der Waals surface area contributed by atoms with Gasteiger partial charge in [-0.05, 0) is 18.6 Å². The molecule has 104 valence electrons. The zero-order valence-corrected chi connectivity index (χ0v) is 10.8. The molecular formula is C12H15FN2O4. The lowest BCUT2D eigenvalue weighted by Crippen LogP contribution is -2.28. The summed E-state index contributed by atoms with van der Waals surface area (Å²) in [6, 6.07) is 3.11. The Labute approximate surface area is 109 Å². The lowest BCUT2D eigenvalue weighted by atomic mass is 10.1. The molecule has 0 aliphatic heterocycles. The number of halogens is 1. The molecule has 0 aliphatic carbocycles. The van der Waals surface area contributed by atoms with E-state index in [1.54, 1.807) is 14.2 Å². The minimum atomic E-state index is -0.955. The second-order valence-electron chi connectivity index (χ2n) is 4.00. The third-order valence-electron chi connectivity index (χ3n) is 2.58. The highest BCUT2D eigenvalue weighted by Gasteiger charge is 2.19. The van der Waals surface area contributed by atoms with Gasteiger partial charge in [-0.25, -0.2) is 0 Å². The van der Waals surface area contributed by atoms with Crippen LogP contribution in [0.3, 0.4) is 0 Å². The number of amides is 1. The first kappa shape index (κ1) is 15.0. The molecule has 1 aromatic rings. The SMILES string of the molecule is COCCCN(C)C(=O)c1ccc(F)c([N+](=O)[O-])c1. The highest BCUT2D eigenvalue weighted by atomic mass is 19.1. The average Bonchev–Trinajstić information content (AvgIpc) is 2.38. The molecule has 1 rings (SSSR count). The molecule has 0 saturated carbocycles. The van der Waals surface area contributed by atoms with E-state index in [4.69, 9.17) is 4.74 Å². The largest absolute Gasteiger partial charge is 0.385 e. The van der Waals surface area contributed by atoms with E-state index in [0.717, 1.165) is 12.1 Å². The topological polar surface area (TPSA) is 72.7 Å². The maximum Gasteiger partial charge on any atom is 0.305 e. The summed E-state index contributed by atoms with van der Waals surface area (Å²) in [7, 11) is 3.14. The summed E-state index contributed by atoms with van der Waals surface area (Å²) < 4.78 is 18.0. The Balaban J connectivity index is 2.82. The Morgan fingerprint density at radius 3 is 2.79 bits per heavy atom. The molecule has 7 heteroatoms. The molecule has 0 fully saturated rings. The summed E-state index contributed by atoms with van der Waals surface area (Å²) in [6.07, 6.45) is 0.655. The average molecular weight is 270 g/mol. The first-order valence-corrected chi connectivity index (χ1v) is 5.65. The predicted octanol–water partition coefficient (Wildman–Crippen LogP) is 1.84. The van der Waals surface area contributed by atoms with E-state index in [-0.39, 0.29) is 11.5 Å². The van der Waals surface area contributed by atoms with Gasteiger partial charge in [0.05, 0.1) is 4.92 Å². The van der Waals surface area contributed by atoms with Gasteiger partial charge in [0.2, 0.25) is 5.82 Å². The predicted molar refractivity (Wildman–Crippen MR) is 66.5 cm³/mol. The van der Waals surface area contributed by atoms with E-state index in [9.17, 15) is 19.3 Å². The van der Waals surface area contributed by atoms with Crippen molar-refractivity contribution in [3.8, 4) is 0 Å². The smallest absolute Gasteiger partial charge is 0.305 e. The van der Waals surface area contributed by atoms with Crippen molar-refractivity contribution in [2.75, 3.05) is 27.3 Å². The maximum absolute atomic E-state index is 13.2. The molecule has 1 aromatic carbocycles. The Hall–Kier alpha value is -2.02. The van der Waals surface area contributed by atoms with Crippen molar-refractivity contribution in [3.05, 3.63) is 39.7 Å². The number of hydrogen-bond donors (Lipinski definition) is 0. The summed E-state index contributed by atoms with van der Waals surface area (Å²) in [5, 5.41) is 10.6. The molecule has 6 nitrogen and oxygen atoms in total. The van der Waals surface area contributed by atoms with Gasteiger partial charge in [0.15, 0.2) is 0 Å². The molecule has 0 unspecified atom stereocenters. The third-order valence-corrected chi connectivity index (χ3v) is 2.58. The number of nitro benzene ring substituents is 1. The molecule has 0 heterocycles. The van der Waals surface area contributed by atoms with Crippen LogP contribution >= 0.6 is 0 Å². The third kappa shape index (κ3) is 3.99. The van der Waals surface area contributed by atoms with E-state index in [2.05, 4.69) is 0 Å². The zero-order chi connectivity index (χ0) is 14.4. The second-order valence-corrected chi connectivity index (χ2v) is 4.00. The highest BCUT2D eigenvalue weighted by Crippen LogP contribution is 2.19. The van der Waals surface area contributed by atoms with Crippen LogP contribution in [0.25, 0.3) is 0 Å². The quantitative estimate of drug-likeness (QED) is 0.449. The van der Waals surface area contributed by atoms with Crippen molar-refractivity contribution in [2.45, 2.75) is 6.42 Å².